The van der Waals surface area contributed by atoms with Crippen molar-refractivity contribution in [2.45, 2.75) is 19.8 Å². The van der Waals surface area contributed by atoms with Gasteiger partial charge < -0.3 is 71.4 Å². The van der Waals surface area contributed by atoms with Gasteiger partial charge in [0, 0.05) is 0 Å². The van der Waals surface area contributed by atoms with E-state index in [4.69, 9.17) is 66.3 Å². The van der Waals surface area contributed by atoms with Crippen molar-refractivity contribution in [3.63, 3.8) is 0 Å². The lowest BCUT2D eigenvalue weighted by Gasteiger charge is -2.18. The van der Waals surface area contributed by atoms with Crippen LogP contribution in [0.4, 0.5) is 0 Å². The van der Waals surface area contributed by atoms with E-state index in [1.54, 1.807) is 14.2 Å². The number of methoxy groups -OCH3 is 2. The Balaban J connectivity index is 1.15. The van der Waals surface area contributed by atoms with Gasteiger partial charge in [0.15, 0.2) is 11.5 Å². The molecule has 0 aliphatic heterocycles. The van der Waals surface area contributed by atoms with Crippen LogP contribution in [0.2, 0.25) is 0 Å². The fourth-order valence-corrected chi connectivity index (χ4v) is 5.59. The van der Waals surface area contributed by atoms with Gasteiger partial charge in [0.05, 0.1) is 139 Å². The predicted octanol–water partition coefficient (Wildman–Crippen LogP) is 6.29. The third-order valence-electron chi connectivity index (χ3n) is 8.91. The van der Waals surface area contributed by atoms with Crippen LogP contribution < -0.4 is 23.7 Å². The first-order valence-corrected chi connectivity index (χ1v) is 21.3. The number of hydrogen-bond donors (Lipinski definition) is 1. The fourth-order valence-electron chi connectivity index (χ4n) is 5.59. The second-order valence-electron chi connectivity index (χ2n) is 13.7. The summed E-state index contributed by atoms with van der Waals surface area (Å²) < 4.78 is 79.3. The number of benzene rings is 4. The molecule has 4 rings (SSSR count). The van der Waals surface area contributed by atoms with E-state index in [0.717, 1.165) is 28.2 Å². The molecule has 0 unspecified atom stereocenters. The molecule has 0 aliphatic carbocycles. The number of rotatable bonds is 39. The van der Waals surface area contributed by atoms with E-state index in [1.165, 1.54) is 12.1 Å². The van der Waals surface area contributed by atoms with Crippen molar-refractivity contribution in [2.24, 2.45) is 0 Å². The minimum Gasteiger partial charge on any atom is -0.497 e. The lowest BCUT2D eigenvalue weighted by Crippen LogP contribution is -2.16. The molecule has 16 heteroatoms. The highest BCUT2D eigenvalue weighted by molar-refractivity contribution is 5.89. The third-order valence-corrected chi connectivity index (χ3v) is 8.91. The molecule has 0 spiro atoms. The Hall–Kier alpha value is -5.01. The molecule has 0 bridgehead atoms. The van der Waals surface area contributed by atoms with Crippen molar-refractivity contribution in [2.75, 3.05) is 133 Å². The summed E-state index contributed by atoms with van der Waals surface area (Å²) in [6, 6.07) is 28.1. The van der Waals surface area contributed by atoms with Crippen molar-refractivity contribution in [1.82, 2.24) is 0 Å². The van der Waals surface area contributed by atoms with Crippen LogP contribution in [0.25, 0.3) is 0 Å². The maximum atomic E-state index is 12.1. The van der Waals surface area contributed by atoms with E-state index in [-0.39, 0.29) is 62.5 Å². The molecule has 0 aromatic heterocycles. The minimum absolute atomic E-state index is 0.0361. The van der Waals surface area contributed by atoms with Crippen LogP contribution in [0.1, 0.15) is 27.0 Å². The van der Waals surface area contributed by atoms with Crippen molar-refractivity contribution in [3.05, 3.63) is 113 Å². The fraction of sp³-hybridized carbons (Fsp3) is 0.479. The topological polar surface area (TPSA) is 167 Å². The van der Waals surface area contributed by atoms with E-state index < -0.39 is 5.97 Å². The molecular formula is C48H64O16. The number of carboxylic acids is 1. The van der Waals surface area contributed by atoms with Gasteiger partial charge in [-0.15, -0.1) is 0 Å². The van der Waals surface area contributed by atoms with Crippen molar-refractivity contribution < 1.29 is 76.2 Å². The zero-order chi connectivity index (χ0) is 45.1. The number of aromatic carboxylic acids is 1. The van der Waals surface area contributed by atoms with Crippen LogP contribution in [0.5, 0.6) is 28.7 Å². The first-order valence-electron chi connectivity index (χ1n) is 21.3. The molecule has 16 nitrogen and oxygen atoms in total. The summed E-state index contributed by atoms with van der Waals surface area (Å²) >= 11 is 0. The predicted molar refractivity (Wildman–Crippen MR) is 236 cm³/mol. The highest BCUT2D eigenvalue weighted by Gasteiger charge is 2.19. The lowest BCUT2D eigenvalue weighted by molar-refractivity contribution is 0.00366. The smallest absolute Gasteiger partial charge is 0.335 e. The molecule has 0 saturated heterocycles. The SMILES string of the molecule is COc1ccc(COCCOCCOCCOc2cc(C(=O)O)cc(OCCOCCOCCOCc3ccccc3)c2OCCOCCOCCOCc2ccc(OC)cc2)cc1. The summed E-state index contributed by atoms with van der Waals surface area (Å²) in [5.74, 6) is 1.05. The Bertz CT molecular complexity index is 1780. The zero-order valence-electron chi connectivity index (χ0n) is 37.1. The number of ether oxygens (including phenoxy) is 14. The van der Waals surface area contributed by atoms with Crippen LogP contribution >= 0.6 is 0 Å². The maximum absolute atomic E-state index is 12.1. The van der Waals surface area contributed by atoms with E-state index >= 15 is 0 Å². The summed E-state index contributed by atoms with van der Waals surface area (Å²) in [6.07, 6.45) is 0. The van der Waals surface area contributed by atoms with Crippen molar-refractivity contribution >= 4 is 5.97 Å². The van der Waals surface area contributed by atoms with Crippen LogP contribution in [0, 0.1) is 0 Å². The summed E-state index contributed by atoms with van der Waals surface area (Å²) in [6.45, 7) is 7.29. The maximum Gasteiger partial charge on any atom is 0.335 e. The van der Waals surface area contributed by atoms with Gasteiger partial charge in [-0.05, 0) is 53.1 Å². The molecule has 1 N–H and O–H groups in total. The first kappa shape index (κ1) is 51.6. The van der Waals surface area contributed by atoms with E-state index in [2.05, 4.69) is 0 Å². The van der Waals surface area contributed by atoms with Gasteiger partial charge in [-0.1, -0.05) is 54.6 Å². The monoisotopic (exact) mass is 896 g/mol. The second-order valence-corrected chi connectivity index (χ2v) is 13.7. The lowest BCUT2D eigenvalue weighted by atomic mass is 10.2. The average Bonchev–Trinajstić information content (AvgIpc) is 3.32. The number of hydrogen-bond acceptors (Lipinski definition) is 15. The molecule has 0 saturated carbocycles. The molecular weight excluding hydrogens is 833 g/mol. The quantitative estimate of drug-likeness (QED) is 0.0497. The number of carboxylic acid groups (broad SMARTS) is 1. The number of carbonyl (C=O) groups is 1. The minimum atomic E-state index is -1.15. The van der Waals surface area contributed by atoms with Gasteiger partial charge in [0.2, 0.25) is 5.75 Å². The molecule has 64 heavy (non-hydrogen) atoms. The van der Waals surface area contributed by atoms with Gasteiger partial charge in [0.1, 0.15) is 31.3 Å². The standard InChI is InChI=1S/C48H64O16/c1-51-43-12-8-40(9-13-43)37-60-26-23-54-17-20-57-29-32-63-46-35-42(48(49)50)34-45(62-31-28-56-19-16-53-22-25-59-36-39-6-4-3-5-7-39)47(46)64-33-30-58-21-18-55-24-27-61-38-41-10-14-44(52-2)15-11-41/h3-15,34-35H,16-33,36-38H2,1-2H3,(H,49,50). The molecule has 352 valence electrons. The van der Waals surface area contributed by atoms with Gasteiger partial charge in [-0.2, -0.15) is 0 Å². The van der Waals surface area contributed by atoms with Gasteiger partial charge in [-0.3, -0.25) is 0 Å². The third kappa shape index (κ3) is 22.6. The molecule has 0 radical (unpaired) electrons. The highest BCUT2D eigenvalue weighted by atomic mass is 16.6. The zero-order valence-corrected chi connectivity index (χ0v) is 37.1. The highest BCUT2D eigenvalue weighted by Crippen LogP contribution is 2.39. The molecule has 0 aliphatic rings. The van der Waals surface area contributed by atoms with Crippen LogP contribution in [-0.2, 0) is 62.5 Å². The molecule has 0 atom stereocenters. The largest absolute Gasteiger partial charge is 0.497 e. The summed E-state index contributed by atoms with van der Waals surface area (Å²) in [5.41, 5.74) is 3.16. The summed E-state index contributed by atoms with van der Waals surface area (Å²) in [5, 5.41) is 9.89. The van der Waals surface area contributed by atoms with E-state index in [9.17, 15) is 9.90 Å². The van der Waals surface area contributed by atoms with Crippen molar-refractivity contribution in [3.8, 4) is 28.7 Å². The summed E-state index contributed by atoms with van der Waals surface area (Å²) in [7, 11) is 3.26. The first-order chi connectivity index (χ1) is 31.6. The van der Waals surface area contributed by atoms with Crippen LogP contribution in [0.3, 0.4) is 0 Å². The van der Waals surface area contributed by atoms with Crippen LogP contribution in [0.15, 0.2) is 91.0 Å². The van der Waals surface area contributed by atoms with Gasteiger partial charge >= 0.3 is 5.97 Å². The summed E-state index contributed by atoms with van der Waals surface area (Å²) in [4.78, 5) is 12.1. The Morgan fingerprint density at radius 3 is 1.05 bits per heavy atom. The Morgan fingerprint density at radius 1 is 0.391 bits per heavy atom. The molecule has 0 amide bonds. The van der Waals surface area contributed by atoms with Crippen molar-refractivity contribution in [1.29, 1.82) is 0 Å². The second kappa shape index (κ2) is 33.5. The Kier molecular flexibility index (Phi) is 27.0. The molecule has 0 fully saturated rings. The average molecular weight is 897 g/mol. The van der Waals surface area contributed by atoms with Gasteiger partial charge in [-0.25, -0.2) is 4.79 Å². The Morgan fingerprint density at radius 2 is 0.703 bits per heavy atom. The molecule has 4 aromatic carbocycles. The Labute approximate surface area is 376 Å². The van der Waals surface area contributed by atoms with E-state index in [0.29, 0.717) is 99.1 Å². The van der Waals surface area contributed by atoms with E-state index in [1.807, 2.05) is 78.9 Å². The molecule has 4 aromatic rings. The van der Waals surface area contributed by atoms with Gasteiger partial charge in [0.25, 0.3) is 0 Å². The normalized spacial score (nSPS) is 11.1. The van der Waals surface area contributed by atoms with Crippen LogP contribution in [-0.4, -0.2) is 144 Å². The molecule has 0 heterocycles.